The molecule has 10 heavy (non-hydrogen) atoms. The van der Waals surface area contributed by atoms with Crippen LogP contribution in [0, 0.1) is 5.92 Å². The lowest BCUT2D eigenvalue weighted by Gasteiger charge is -2.18. The number of rotatable bonds is 0. The minimum absolute atomic E-state index is 0.507. The molecule has 1 aliphatic rings. The molecule has 1 rings (SSSR count). The van der Waals surface area contributed by atoms with Crippen LogP contribution in [0.3, 0.4) is 0 Å². The van der Waals surface area contributed by atoms with E-state index in [1.165, 1.54) is 38.5 Å². The predicted molar refractivity (Wildman–Crippen MR) is 44.8 cm³/mol. The average molecular weight is 141 g/mol. The van der Waals surface area contributed by atoms with Gasteiger partial charge < -0.3 is 5.73 Å². The van der Waals surface area contributed by atoms with Crippen molar-refractivity contribution in [1.82, 2.24) is 0 Å². The van der Waals surface area contributed by atoms with Crippen molar-refractivity contribution in [2.24, 2.45) is 11.7 Å². The summed E-state index contributed by atoms with van der Waals surface area (Å²) >= 11 is 0. The summed E-state index contributed by atoms with van der Waals surface area (Å²) in [6.07, 6.45) is 8.00. The topological polar surface area (TPSA) is 26.0 Å². The lowest BCUT2D eigenvalue weighted by molar-refractivity contribution is 0.378. The van der Waals surface area contributed by atoms with Crippen LogP contribution in [0.2, 0.25) is 0 Å². The van der Waals surface area contributed by atoms with Gasteiger partial charge in [-0.3, -0.25) is 0 Å². The zero-order valence-corrected chi connectivity index (χ0v) is 6.97. The minimum Gasteiger partial charge on any atom is -0.328 e. The van der Waals surface area contributed by atoms with Gasteiger partial charge in [0.05, 0.1) is 0 Å². The lowest BCUT2D eigenvalue weighted by atomic mass is 9.91. The summed E-state index contributed by atoms with van der Waals surface area (Å²) < 4.78 is 0. The molecule has 0 heterocycles. The molecule has 0 aromatic heterocycles. The van der Waals surface area contributed by atoms with E-state index in [1.54, 1.807) is 0 Å². The molecule has 0 aliphatic heterocycles. The second-order valence-electron chi connectivity index (χ2n) is 3.73. The van der Waals surface area contributed by atoms with Gasteiger partial charge in [0.15, 0.2) is 0 Å². The van der Waals surface area contributed by atoms with Crippen LogP contribution in [-0.4, -0.2) is 6.04 Å². The highest BCUT2D eigenvalue weighted by Crippen LogP contribution is 2.20. The molecule has 0 bridgehead atoms. The molecule has 0 amide bonds. The van der Waals surface area contributed by atoms with Crippen molar-refractivity contribution in [2.75, 3.05) is 0 Å². The Labute approximate surface area is 64.0 Å². The summed E-state index contributed by atoms with van der Waals surface area (Å²) in [6.45, 7) is 2.36. The maximum absolute atomic E-state index is 5.85. The molecule has 1 saturated carbocycles. The number of hydrogen-bond donors (Lipinski definition) is 1. The van der Waals surface area contributed by atoms with Gasteiger partial charge in [-0.15, -0.1) is 0 Å². The molecule has 0 saturated heterocycles. The Morgan fingerprint density at radius 2 is 1.50 bits per heavy atom. The molecule has 0 radical (unpaired) electrons. The molecule has 1 heteroatoms. The predicted octanol–water partition coefficient (Wildman–Crippen LogP) is 2.30. The van der Waals surface area contributed by atoms with Crippen LogP contribution < -0.4 is 5.73 Å². The summed E-state index contributed by atoms with van der Waals surface area (Å²) in [4.78, 5) is 0. The third kappa shape index (κ3) is 2.70. The highest BCUT2D eigenvalue weighted by Gasteiger charge is 2.09. The van der Waals surface area contributed by atoms with Crippen LogP contribution in [0.1, 0.15) is 45.4 Å². The van der Waals surface area contributed by atoms with E-state index in [4.69, 9.17) is 5.73 Å². The van der Waals surface area contributed by atoms with Gasteiger partial charge in [0.2, 0.25) is 0 Å². The SMILES string of the molecule is C[C@H]1CCC[C@@H](N)CCC1. The molecule has 60 valence electrons. The lowest BCUT2D eigenvalue weighted by Crippen LogP contribution is -2.21. The Balaban J connectivity index is 2.21. The normalized spacial score (nSPS) is 36.6. The fraction of sp³-hybridized carbons (Fsp3) is 1.00. The summed E-state index contributed by atoms with van der Waals surface area (Å²) in [7, 11) is 0. The highest BCUT2D eigenvalue weighted by molar-refractivity contribution is 4.67. The second-order valence-corrected chi connectivity index (χ2v) is 3.73. The van der Waals surface area contributed by atoms with E-state index in [0.29, 0.717) is 6.04 Å². The zero-order valence-electron chi connectivity index (χ0n) is 6.97. The minimum atomic E-state index is 0.507. The molecule has 1 nitrogen and oxygen atoms in total. The first kappa shape index (κ1) is 8.06. The van der Waals surface area contributed by atoms with Gasteiger partial charge >= 0.3 is 0 Å². The van der Waals surface area contributed by atoms with Gasteiger partial charge in [-0.1, -0.05) is 32.6 Å². The molecular weight excluding hydrogens is 122 g/mol. The van der Waals surface area contributed by atoms with Gasteiger partial charge in [-0.25, -0.2) is 0 Å². The Bertz CT molecular complexity index is 70.7. The quantitative estimate of drug-likeness (QED) is 0.550. The van der Waals surface area contributed by atoms with E-state index in [-0.39, 0.29) is 0 Å². The molecular formula is C9H19N. The maximum Gasteiger partial charge on any atom is 0.00388 e. The van der Waals surface area contributed by atoms with Gasteiger partial charge in [0.25, 0.3) is 0 Å². The standard InChI is InChI=1S/C9H19N/c1-8-4-2-6-9(10)7-3-5-8/h8-9H,2-7,10H2,1H3/t8-,9+. The van der Waals surface area contributed by atoms with E-state index in [1.807, 2.05) is 0 Å². The van der Waals surface area contributed by atoms with E-state index >= 15 is 0 Å². The molecule has 0 aromatic rings. The summed E-state index contributed by atoms with van der Waals surface area (Å²) in [6, 6.07) is 0.507. The second kappa shape index (κ2) is 3.97. The van der Waals surface area contributed by atoms with E-state index in [2.05, 4.69) is 6.92 Å². The largest absolute Gasteiger partial charge is 0.328 e. The monoisotopic (exact) mass is 141 g/mol. The van der Waals surface area contributed by atoms with Gasteiger partial charge in [-0.2, -0.15) is 0 Å². The molecule has 1 fully saturated rings. The molecule has 0 unspecified atom stereocenters. The third-order valence-corrected chi connectivity index (χ3v) is 2.54. The van der Waals surface area contributed by atoms with Gasteiger partial charge in [0.1, 0.15) is 0 Å². The van der Waals surface area contributed by atoms with Crippen molar-refractivity contribution in [1.29, 1.82) is 0 Å². The third-order valence-electron chi connectivity index (χ3n) is 2.54. The van der Waals surface area contributed by atoms with Crippen LogP contribution in [0.4, 0.5) is 0 Å². The Kier molecular flexibility index (Phi) is 3.20. The fourth-order valence-corrected chi connectivity index (χ4v) is 1.75. The highest BCUT2D eigenvalue weighted by atomic mass is 14.6. The Hall–Kier alpha value is -0.0400. The van der Waals surface area contributed by atoms with E-state index < -0.39 is 0 Å². The molecule has 0 spiro atoms. The first-order valence-electron chi connectivity index (χ1n) is 4.54. The smallest absolute Gasteiger partial charge is 0.00388 e. The summed E-state index contributed by atoms with van der Waals surface area (Å²) in [5.41, 5.74) is 5.85. The van der Waals surface area contributed by atoms with Crippen LogP contribution in [0.15, 0.2) is 0 Å². The zero-order chi connectivity index (χ0) is 7.40. The maximum atomic E-state index is 5.85. The Morgan fingerprint density at radius 1 is 1.00 bits per heavy atom. The van der Waals surface area contributed by atoms with Crippen molar-refractivity contribution < 1.29 is 0 Å². The van der Waals surface area contributed by atoms with E-state index in [0.717, 1.165) is 5.92 Å². The molecule has 0 atom stereocenters. The van der Waals surface area contributed by atoms with Crippen LogP contribution in [0.25, 0.3) is 0 Å². The molecule has 2 N–H and O–H groups in total. The van der Waals surface area contributed by atoms with Crippen LogP contribution in [0.5, 0.6) is 0 Å². The number of hydrogen-bond acceptors (Lipinski definition) is 1. The first-order valence-corrected chi connectivity index (χ1v) is 4.54. The summed E-state index contributed by atoms with van der Waals surface area (Å²) in [5.74, 6) is 0.951. The van der Waals surface area contributed by atoms with Crippen molar-refractivity contribution in [3.05, 3.63) is 0 Å². The molecule has 1 aliphatic carbocycles. The van der Waals surface area contributed by atoms with E-state index in [9.17, 15) is 0 Å². The fourth-order valence-electron chi connectivity index (χ4n) is 1.75. The van der Waals surface area contributed by atoms with Crippen molar-refractivity contribution >= 4 is 0 Å². The summed E-state index contributed by atoms with van der Waals surface area (Å²) in [5, 5.41) is 0. The Morgan fingerprint density at radius 3 is 2.00 bits per heavy atom. The van der Waals surface area contributed by atoms with Gasteiger partial charge in [0, 0.05) is 6.04 Å². The van der Waals surface area contributed by atoms with Crippen LogP contribution >= 0.6 is 0 Å². The van der Waals surface area contributed by atoms with Crippen molar-refractivity contribution in [2.45, 2.75) is 51.5 Å². The average Bonchev–Trinajstić information content (AvgIpc) is 1.84. The van der Waals surface area contributed by atoms with Crippen LogP contribution in [-0.2, 0) is 0 Å². The van der Waals surface area contributed by atoms with Crippen molar-refractivity contribution in [3.8, 4) is 0 Å². The molecule has 0 aromatic carbocycles. The van der Waals surface area contributed by atoms with Gasteiger partial charge in [-0.05, 0) is 18.8 Å². The number of nitrogens with two attached hydrogens (primary N) is 1. The van der Waals surface area contributed by atoms with Crippen molar-refractivity contribution in [3.63, 3.8) is 0 Å². The first-order chi connectivity index (χ1) is 4.79.